The molecule has 0 aliphatic carbocycles. The average molecular weight is 528 g/mol. The molecule has 4 bridgehead atoms. The Balaban J connectivity index is 1.44. The molecule has 8 heteroatoms. The molecule has 0 fully saturated rings. The van der Waals surface area contributed by atoms with Gasteiger partial charge in [-0.15, -0.1) is 0 Å². The van der Waals surface area contributed by atoms with Gasteiger partial charge in [0.2, 0.25) is 17.5 Å². The lowest BCUT2D eigenvalue weighted by atomic mass is 10.0. The van der Waals surface area contributed by atoms with E-state index in [1.807, 2.05) is 83.4 Å². The Morgan fingerprint density at radius 1 is 1.00 bits per heavy atom. The topological polar surface area (TPSA) is 89.6 Å². The van der Waals surface area contributed by atoms with Crippen LogP contribution in [-0.2, 0) is 29.0 Å². The van der Waals surface area contributed by atoms with E-state index in [1.54, 1.807) is 18.6 Å². The maximum absolute atomic E-state index is 13.6. The zero-order chi connectivity index (χ0) is 27.5. The van der Waals surface area contributed by atoms with Gasteiger partial charge in [-0.05, 0) is 40.8 Å². The maximum Gasteiger partial charge on any atom is 0.247 e. The quantitative estimate of drug-likeness (QED) is 0.291. The van der Waals surface area contributed by atoms with Crippen molar-refractivity contribution in [3.8, 4) is 11.5 Å². The van der Waals surface area contributed by atoms with Gasteiger partial charge in [-0.1, -0.05) is 60.7 Å². The lowest BCUT2D eigenvalue weighted by Gasteiger charge is -2.20. The summed E-state index contributed by atoms with van der Waals surface area (Å²) < 4.78 is 8.10. The first-order chi connectivity index (χ1) is 19.6. The van der Waals surface area contributed by atoms with Gasteiger partial charge in [0.15, 0.2) is 0 Å². The fraction of sp³-hybridized carbons (Fsp3) is 0.125. The number of fused-ring (bicyclic) bond motifs is 4. The fourth-order valence-corrected chi connectivity index (χ4v) is 4.91. The molecule has 0 saturated heterocycles. The van der Waals surface area contributed by atoms with Crippen molar-refractivity contribution in [1.82, 2.24) is 14.9 Å². The lowest BCUT2D eigenvalue weighted by Crippen LogP contribution is -2.46. The van der Waals surface area contributed by atoms with E-state index in [0.29, 0.717) is 41.5 Å². The molecule has 5 aromatic rings. The summed E-state index contributed by atoms with van der Waals surface area (Å²) in [4.78, 5) is 34.8. The van der Waals surface area contributed by atoms with Crippen molar-refractivity contribution >= 4 is 34.0 Å². The van der Waals surface area contributed by atoms with Crippen molar-refractivity contribution in [1.29, 1.82) is 0 Å². The molecule has 2 heterocycles. The van der Waals surface area contributed by atoms with Crippen LogP contribution in [0.1, 0.15) is 16.8 Å². The maximum atomic E-state index is 13.6. The molecule has 0 spiro atoms. The minimum absolute atomic E-state index is 0.0540. The van der Waals surface area contributed by atoms with Gasteiger partial charge >= 0.3 is 0 Å². The molecule has 40 heavy (non-hydrogen) atoms. The van der Waals surface area contributed by atoms with Crippen LogP contribution < -0.4 is 15.4 Å². The molecule has 2 amide bonds. The summed E-state index contributed by atoms with van der Waals surface area (Å²) in [7, 11) is 0. The third-order valence-electron chi connectivity index (χ3n) is 6.91. The highest BCUT2D eigenvalue weighted by atomic mass is 16.5. The number of nitrogens with one attached hydrogen (secondary N) is 2. The van der Waals surface area contributed by atoms with Gasteiger partial charge in [-0.25, -0.2) is 9.83 Å². The summed E-state index contributed by atoms with van der Waals surface area (Å²) in [5.41, 5.74) is 3.52. The first-order valence-corrected chi connectivity index (χ1v) is 12.9. The predicted octanol–water partition coefficient (Wildman–Crippen LogP) is 5.65. The van der Waals surface area contributed by atoms with Gasteiger partial charge in [0.1, 0.15) is 17.5 Å². The molecule has 4 aromatic carbocycles. The normalized spacial score (nSPS) is 15.3. The number of hydrogen-bond acceptors (Lipinski definition) is 4. The first kappa shape index (κ1) is 24.9. The number of nitrogens with zero attached hydrogens (tertiary/aromatic N) is 3. The van der Waals surface area contributed by atoms with E-state index in [0.717, 1.165) is 21.9 Å². The van der Waals surface area contributed by atoms with E-state index < -0.39 is 6.04 Å². The van der Waals surface area contributed by atoms with Crippen LogP contribution in [0.5, 0.6) is 11.5 Å². The molecule has 0 radical (unpaired) electrons. The highest BCUT2D eigenvalue weighted by Gasteiger charge is 2.23. The summed E-state index contributed by atoms with van der Waals surface area (Å²) in [6.07, 6.45) is 3.70. The van der Waals surface area contributed by atoms with Gasteiger partial charge in [0.05, 0.1) is 19.3 Å². The molecule has 0 unspecified atom stereocenters. The monoisotopic (exact) mass is 527 g/mol. The third kappa shape index (κ3) is 5.26. The Kier molecular flexibility index (Phi) is 6.69. The molecular formula is C32H25N5O3. The first-order valence-electron chi connectivity index (χ1n) is 12.9. The molecule has 0 saturated carbocycles. The highest BCUT2D eigenvalue weighted by molar-refractivity contribution is 6.05. The molecule has 1 aliphatic heterocycles. The van der Waals surface area contributed by atoms with E-state index in [-0.39, 0.29) is 18.2 Å². The molecule has 1 atom stereocenters. The highest BCUT2D eigenvalue weighted by Crippen LogP contribution is 2.36. The van der Waals surface area contributed by atoms with Crippen LogP contribution in [0.3, 0.4) is 0 Å². The van der Waals surface area contributed by atoms with Gasteiger partial charge in [-0.3, -0.25) is 9.59 Å². The second-order valence-corrected chi connectivity index (χ2v) is 9.69. The number of rotatable bonds is 2. The molecule has 1 aliphatic rings. The molecule has 1 aromatic heterocycles. The average Bonchev–Trinajstić information content (AvgIpc) is 3.39. The standard InChI is InChI=1S/C32H25N5O3/c1-33-28-13-10-22-15-30(28)40-25-12-11-23-8-5-9-27(26(23)17-25)36-32(39)29(14-21-6-3-2-4-7-21)35-31(38)16-24-18-34-20-37(24)19-22/h2-13,15,17-18,20,29H,14,16,19H2,(H,35,38)(H,36,39)/t29-/m1/s1. The number of ether oxygens (including phenoxy) is 1. The molecular weight excluding hydrogens is 502 g/mol. The van der Waals surface area contributed by atoms with Crippen LogP contribution >= 0.6 is 0 Å². The van der Waals surface area contributed by atoms with Crippen molar-refractivity contribution in [2.45, 2.75) is 25.4 Å². The van der Waals surface area contributed by atoms with Crippen molar-refractivity contribution in [3.05, 3.63) is 126 Å². The summed E-state index contributed by atoms with van der Waals surface area (Å²) >= 11 is 0. The predicted molar refractivity (Wildman–Crippen MR) is 152 cm³/mol. The Labute approximate surface area is 231 Å². The minimum atomic E-state index is -0.798. The number of anilines is 1. The second-order valence-electron chi connectivity index (χ2n) is 9.69. The Bertz CT molecular complexity index is 1770. The Morgan fingerprint density at radius 3 is 2.73 bits per heavy atom. The molecule has 196 valence electrons. The fourth-order valence-electron chi connectivity index (χ4n) is 4.91. The summed E-state index contributed by atoms with van der Waals surface area (Å²) in [6, 6.07) is 25.5. The largest absolute Gasteiger partial charge is 0.468 e. The van der Waals surface area contributed by atoms with Crippen LogP contribution in [-0.4, -0.2) is 27.4 Å². The number of amides is 2. The summed E-state index contributed by atoms with van der Waals surface area (Å²) in [5, 5.41) is 7.68. The van der Waals surface area contributed by atoms with Crippen molar-refractivity contribution in [2.24, 2.45) is 0 Å². The smallest absolute Gasteiger partial charge is 0.247 e. The zero-order valence-corrected chi connectivity index (χ0v) is 21.5. The number of benzene rings is 4. The number of carbonyl (C=O) groups is 2. The van der Waals surface area contributed by atoms with Gasteiger partial charge < -0.3 is 19.9 Å². The van der Waals surface area contributed by atoms with Crippen molar-refractivity contribution < 1.29 is 14.3 Å². The van der Waals surface area contributed by atoms with Crippen LogP contribution in [0.2, 0.25) is 0 Å². The second kappa shape index (κ2) is 10.8. The Morgan fingerprint density at radius 2 is 1.88 bits per heavy atom. The van der Waals surface area contributed by atoms with E-state index in [9.17, 15) is 9.59 Å². The summed E-state index contributed by atoms with van der Waals surface area (Å²) in [6.45, 7) is 8.05. The van der Waals surface area contributed by atoms with Crippen LogP contribution in [0.25, 0.3) is 15.6 Å². The number of aromatic nitrogens is 2. The van der Waals surface area contributed by atoms with E-state index in [4.69, 9.17) is 11.3 Å². The van der Waals surface area contributed by atoms with Crippen LogP contribution in [0.15, 0.2) is 97.5 Å². The van der Waals surface area contributed by atoms with Gasteiger partial charge in [0.25, 0.3) is 0 Å². The zero-order valence-electron chi connectivity index (χ0n) is 21.5. The number of hydrogen-bond donors (Lipinski definition) is 2. The van der Waals surface area contributed by atoms with Crippen LogP contribution in [0, 0.1) is 6.57 Å². The van der Waals surface area contributed by atoms with E-state index in [2.05, 4.69) is 20.5 Å². The molecule has 6 rings (SSSR count). The van der Waals surface area contributed by atoms with Gasteiger partial charge in [0, 0.05) is 35.9 Å². The van der Waals surface area contributed by atoms with Crippen LogP contribution in [0.4, 0.5) is 11.4 Å². The third-order valence-corrected chi connectivity index (χ3v) is 6.91. The number of imidazole rings is 1. The SMILES string of the molecule is [C-]#[N+]c1ccc2cc1Oc1ccc3cccc(c3c1)NC(=O)[C@@H](Cc1ccccc1)NC(=O)Cc1cncn1C2. The molecule has 2 N–H and O–H groups in total. The van der Waals surface area contributed by atoms with E-state index in [1.165, 1.54) is 0 Å². The lowest BCUT2D eigenvalue weighted by molar-refractivity contribution is -0.126. The van der Waals surface area contributed by atoms with Crippen molar-refractivity contribution in [2.75, 3.05) is 5.32 Å². The summed E-state index contributed by atoms with van der Waals surface area (Å²) in [5.74, 6) is 0.364. The number of carbonyl (C=O) groups excluding carboxylic acids is 2. The van der Waals surface area contributed by atoms with Gasteiger partial charge in [-0.2, -0.15) is 0 Å². The Hall–Kier alpha value is -5.42. The van der Waals surface area contributed by atoms with Crippen molar-refractivity contribution in [3.63, 3.8) is 0 Å². The molecule has 8 nitrogen and oxygen atoms in total. The minimum Gasteiger partial charge on any atom is -0.468 e. The van der Waals surface area contributed by atoms with E-state index >= 15 is 0 Å².